The highest BCUT2D eigenvalue weighted by molar-refractivity contribution is 5.10. The molecule has 2 atom stereocenters. The van der Waals surface area contributed by atoms with Crippen molar-refractivity contribution in [3.63, 3.8) is 0 Å². The zero-order valence-corrected chi connectivity index (χ0v) is 4.98. The Balaban J connectivity index is 2.04. The normalized spacial score (nSPS) is 52.9. The van der Waals surface area contributed by atoms with E-state index in [1.54, 1.807) is 0 Å². The first kappa shape index (κ1) is 4.77. The summed E-state index contributed by atoms with van der Waals surface area (Å²) in [4.78, 5) is 0. The van der Waals surface area contributed by atoms with Crippen molar-refractivity contribution in [2.45, 2.75) is 18.4 Å². The summed E-state index contributed by atoms with van der Waals surface area (Å²) in [5.41, 5.74) is 6.19. The Labute approximate surface area is 49.4 Å². The molecule has 0 amide bonds. The van der Waals surface area contributed by atoms with E-state index >= 15 is 0 Å². The van der Waals surface area contributed by atoms with E-state index in [9.17, 15) is 0 Å². The van der Waals surface area contributed by atoms with Gasteiger partial charge in [-0.05, 0) is 31.8 Å². The third-order valence-electron chi connectivity index (χ3n) is 2.44. The highest BCUT2D eigenvalue weighted by Gasteiger charge is 2.51. The molecule has 2 unspecified atom stereocenters. The van der Waals surface area contributed by atoms with Gasteiger partial charge in [-0.3, -0.25) is 0 Å². The molecule has 0 aromatic carbocycles. The Kier molecular flexibility index (Phi) is 0.746. The quantitative estimate of drug-likeness (QED) is 0.451. The van der Waals surface area contributed by atoms with Crippen molar-refractivity contribution in [3.8, 4) is 0 Å². The predicted octanol–water partition coefficient (Wildman–Crippen LogP) is -0.303. The fourth-order valence-electron chi connectivity index (χ4n) is 1.58. The van der Waals surface area contributed by atoms with Gasteiger partial charge in [-0.15, -0.1) is 0 Å². The van der Waals surface area contributed by atoms with Crippen LogP contribution < -0.4 is 11.1 Å². The second kappa shape index (κ2) is 1.25. The highest BCUT2D eigenvalue weighted by Crippen LogP contribution is 2.44. The Morgan fingerprint density at radius 1 is 1.62 bits per heavy atom. The van der Waals surface area contributed by atoms with Crippen LogP contribution in [-0.4, -0.2) is 18.6 Å². The van der Waals surface area contributed by atoms with Gasteiger partial charge in [0.15, 0.2) is 0 Å². The maximum atomic E-state index is 5.91. The predicted molar refractivity (Wildman–Crippen MR) is 32.5 cm³/mol. The number of fused-ring (bicyclic) bond motifs is 1. The largest absolute Gasteiger partial charge is 0.325 e. The molecule has 0 radical (unpaired) electrons. The van der Waals surface area contributed by atoms with Crippen LogP contribution in [0.25, 0.3) is 0 Å². The maximum absolute atomic E-state index is 5.91. The van der Waals surface area contributed by atoms with Crippen LogP contribution in [0.4, 0.5) is 0 Å². The minimum atomic E-state index is 0.283. The summed E-state index contributed by atoms with van der Waals surface area (Å²) in [6.45, 7) is 2.30. The molecular weight excluding hydrogens is 100 g/mol. The molecule has 46 valence electrons. The summed E-state index contributed by atoms with van der Waals surface area (Å²) >= 11 is 0. The first-order valence-electron chi connectivity index (χ1n) is 3.31. The number of nitrogens with one attached hydrogen (secondary N) is 1. The van der Waals surface area contributed by atoms with Gasteiger partial charge in [-0.1, -0.05) is 0 Å². The number of piperidine rings is 1. The van der Waals surface area contributed by atoms with Gasteiger partial charge in [-0.25, -0.2) is 0 Å². The molecule has 1 aliphatic carbocycles. The molecule has 3 N–H and O–H groups in total. The molecule has 0 bridgehead atoms. The van der Waals surface area contributed by atoms with Crippen LogP contribution in [-0.2, 0) is 0 Å². The minimum Gasteiger partial charge on any atom is -0.325 e. The average Bonchev–Trinajstić information content (AvgIpc) is 2.39. The van der Waals surface area contributed by atoms with Crippen LogP contribution in [0.15, 0.2) is 0 Å². The van der Waals surface area contributed by atoms with E-state index in [0.29, 0.717) is 0 Å². The standard InChI is InChI=1S/C6H12N2/c7-6-1-2-8-4-5(6)3-6/h5,8H,1-4,7H2. The van der Waals surface area contributed by atoms with Crippen molar-refractivity contribution in [1.29, 1.82) is 0 Å². The second-order valence-electron chi connectivity index (χ2n) is 3.09. The van der Waals surface area contributed by atoms with E-state index in [2.05, 4.69) is 5.32 Å². The molecule has 2 fully saturated rings. The molecule has 0 aromatic rings. The van der Waals surface area contributed by atoms with E-state index < -0.39 is 0 Å². The van der Waals surface area contributed by atoms with Gasteiger partial charge < -0.3 is 11.1 Å². The zero-order valence-electron chi connectivity index (χ0n) is 4.98. The number of nitrogens with two attached hydrogens (primary N) is 1. The second-order valence-corrected chi connectivity index (χ2v) is 3.09. The summed E-state index contributed by atoms with van der Waals surface area (Å²) in [6.07, 6.45) is 2.46. The smallest absolute Gasteiger partial charge is 0.0211 e. The van der Waals surface area contributed by atoms with Gasteiger partial charge in [0.05, 0.1) is 0 Å². The lowest BCUT2D eigenvalue weighted by Gasteiger charge is -2.17. The Morgan fingerprint density at radius 2 is 2.50 bits per heavy atom. The average molecular weight is 112 g/mol. The van der Waals surface area contributed by atoms with E-state index in [1.807, 2.05) is 0 Å². The molecular formula is C6H12N2. The summed E-state index contributed by atoms with van der Waals surface area (Å²) in [7, 11) is 0. The van der Waals surface area contributed by atoms with Crippen molar-refractivity contribution < 1.29 is 0 Å². The van der Waals surface area contributed by atoms with Gasteiger partial charge in [0.1, 0.15) is 0 Å². The first-order chi connectivity index (χ1) is 3.81. The van der Waals surface area contributed by atoms with Crippen LogP contribution in [0.1, 0.15) is 12.8 Å². The van der Waals surface area contributed by atoms with Gasteiger partial charge in [-0.2, -0.15) is 0 Å². The summed E-state index contributed by atoms with van der Waals surface area (Å²) in [5.74, 6) is 0.816. The summed E-state index contributed by atoms with van der Waals surface area (Å²) in [6, 6.07) is 0. The Morgan fingerprint density at radius 3 is 3.00 bits per heavy atom. The lowest BCUT2D eigenvalue weighted by Crippen LogP contribution is -2.38. The highest BCUT2D eigenvalue weighted by atomic mass is 15.0. The van der Waals surface area contributed by atoms with Crippen molar-refractivity contribution >= 4 is 0 Å². The fraction of sp³-hybridized carbons (Fsp3) is 1.00. The monoisotopic (exact) mass is 112 g/mol. The van der Waals surface area contributed by atoms with E-state index in [1.165, 1.54) is 12.8 Å². The molecule has 2 heteroatoms. The topological polar surface area (TPSA) is 38.0 Å². The SMILES string of the molecule is NC12CCNCC1C2. The lowest BCUT2D eigenvalue weighted by atomic mass is 10.1. The minimum absolute atomic E-state index is 0.283. The van der Waals surface area contributed by atoms with Crippen molar-refractivity contribution in [1.82, 2.24) is 5.32 Å². The van der Waals surface area contributed by atoms with Gasteiger partial charge in [0.25, 0.3) is 0 Å². The van der Waals surface area contributed by atoms with Gasteiger partial charge in [0.2, 0.25) is 0 Å². The molecule has 2 rings (SSSR count). The lowest BCUT2D eigenvalue weighted by molar-refractivity contribution is 0.444. The van der Waals surface area contributed by atoms with E-state index in [4.69, 9.17) is 5.73 Å². The van der Waals surface area contributed by atoms with Crippen LogP contribution in [0.2, 0.25) is 0 Å². The molecule has 1 heterocycles. The molecule has 0 aromatic heterocycles. The summed E-state index contributed by atoms with van der Waals surface area (Å²) in [5, 5.41) is 3.32. The number of hydrogen-bond donors (Lipinski definition) is 2. The summed E-state index contributed by atoms with van der Waals surface area (Å²) < 4.78 is 0. The van der Waals surface area contributed by atoms with E-state index in [0.717, 1.165) is 19.0 Å². The van der Waals surface area contributed by atoms with Gasteiger partial charge >= 0.3 is 0 Å². The van der Waals surface area contributed by atoms with E-state index in [-0.39, 0.29) is 5.54 Å². The molecule has 1 saturated carbocycles. The van der Waals surface area contributed by atoms with Gasteiger partial charge in [0, 0.05) is 5.54 Å². The van der Waals surface area contributed by atoms with Crippen LogP contribution in [0, 0.1) is 5.92 Å². The maximum Gasteiger partial charge on any atom is 0.0211 e. The molecule has 0 spiro atoms. The molecule has 1 saturated heterocycles. The molecule has 1 aliphatic heterocycles. The third kappa shape index (κ3) is 0.501. The van der Waals surface area contributed by atoms with Crippen molar-refractivity contribution in [2.75, 3.05) is 13.1 Å². The molecule has 8 heavy (non-hydrogen) atoms. The van der Waals surface area contributed by atoms with Crippen LogP contribution in [0.5, 0.6) is 0 Å². The molecule has 2 nitrogen and oxygen atoms in total. The zero-order chi connectivity index (χ0) is 5.61. The van der Waals surface area contributed by atoms with Crippen LogP contribution >= 0.6 is 0 Å². The molecule has 2 aliphatic rings. The van der Waals surface area contributed by atoms with Crippen LogP contribution in [0.3, 0.4) is 0 Å². The van der Waals surface area contributed by atoms with Crippen molar-refractivity contribution in [3.05, 3.63) is 0 Å². The number of rotatable bonds is 0. The fourth-order valence-corrected chi connectivity index (χ4v) is 1.58. The Bertz CT molecular complexity index is 111. The number of hydrogen-bond acceptors (Lipinski definition) is 2. The van der Waals surface area contributed by atoms with Crippen molar-refractivity contribution in [2.24, 2.45) is 11.7 Å². The third-order valence-corrected chi connectivity index (χ3v) is 2.44. The first-order valence-corrected chi connectivity index (χ1v) is 3.31. The Hall–Kier alpha value is -0.0800.